The summed E-state index contributed by atoms with van der Waals surface area (Å²) in [5.41, 5.74) is 2.14. The fraction of sp³-hybridized carbons (Fsp3) is 0.412. The first kappa shape index (κ1) is 16.9. The Balaban J connectivity index is 1.78. The highest BCUT2D eigenvalue weighted by molar-refractivity contribution is 6.03. The van der Waals surface area contributed by atoms with Crippen molar-refractivity contribution in [3.63, 3.8) is 0 Å². The Morgan fingerprint density at radius 3 is 2.80 bits per heavy atom. The lowest BCUT2D eigenvalue weighted by atomic mass is 10.0. The lowest BCUT2D eigenvalue weighted by Crippen LogP contribution is -2.39. The van der Waals surface area contributed by atoms with Crippen LogP contribution in [0.3, 0.4) is 0 Å². The number of carbonyl (C=O) groups is 2. The number of fused-ring (bicyclic) bond motifs is 1. The number of aromatic nitrogens is 3. The number of rotatable bonds is 2. The molecule has 25 heavy (non-hydrogen) atoms. The van der Waals surface area contributed by atoms with Gasteiger partial charge in [0.1, 0.15) is 5.60 Å². The van der Waals surface area contributed by atoms with E-state index in [1.54, 1.807) is 11.0 Å². The first-order valence-corrected chi connectivity index (χ1v) is 8.14. The number of benzene rings is 1. The van der Waals surface area contributed by atoms with Crippen LogP contribution in [0, 0.1) is 0 Å². The summed E-state index contributed by atoms with van der Waals surface area (Å²) in [6, 6.07) is 5.47. The van der Waals surface area contributed by atoms with Crippen LogP contribution >= 0.6 is 0 Å². The third kappa shape index (κ3) is 3.96. The van der Waals surface area contributed by atoms with E-state index in [2.05, 4.69) is 20.7 Å². The van der Waals surface area contributed by atoms with E-state index in [0.717, 1.165) is 24.1 Å². The maximum atomic E-state index is 12.4. The molecule has 2 heterocycles. The van der Waals surface area contributed by atoms with Gasteiger partial charge in [-0.1, -0.05) is 0 Å². The lowest BCUT2D eigenvalue weighted by molar-refractivity contribution is 0.0577. The third-order valence-electron chi connectivity index (χ3n) is 3.72. The summed E-state index contributed by atoms with van der Waals surface area (Å²) in [4.78, 5) is 26.1. The van der Waals surface area contributed by atoms with Gasteiger partial charge in [-0.3, -0.25) is 9.69 Å². The van der Waals surface area contributed by atoms with Crippen molar-refractivity contribution in [3.05, 3.63) is 35.7 Å². The number of hydrogen-bond acceptors (Lipinski definition) is 5. The molecule has 0 fully saturated rings. The molecule has 1 aromatic carbocycles. The van der Waals surface area contributed by atoms with Gasteiger partial charge in [0.15, 0.2) is 5.69 Å². The second kappa shape index (κ2) is 6.54. The van der Waals surface area contributed by atoms with Crippen molar-refractivity contribution in [2.45, 2.75) is 39.2 Å². The van der Waals surface area contributed by atoms with Crippen molar-refractivity contribution in [1.29, 1.82) is 0 Å². The number of amides is 2. The van der Waals surface area contributed by atoms with E-state index >= 15 is 0 Å². The molecule has 8 heteroatoms. The van der Waals surface area contributed by atoms with Crippen LogP contribution < -0.4 is 10.2 Å². The van der Waals surface area contributed by atoms with Gasteiger partial charge in [0.25, 0.3) is 5.91 Å². The van der Waals surface area contributed by atoms with Gasteiger partial charge in [0.2, 0.25) is 0 Å². The van der Waals surface area contributed by atoms with Gasteiger partial charge in [0.05, 0.1) is 11.9 Å². The summed E-state index contributed by atoms with van der Waals surface area (Å²) in [5, 5.41) is 12.6. The topological polar surface area (TPSA) is 100 Å². The van der Waals surface area contributed by atoms with Crippen LogP contribution in [0.4, 0.5) is 16.2 Å². The molecular formula is C17H21N5O3. The molecule has 0 bridgehead atoms. The van der Waals surface area contributed by atoms with Crippen molar-refractivity contribution < 1.29 is 14.3 Å². The molecule has 8 nitrogen and oxygen atoms in total. The zero-order valence-electron chi connectivity index (χ0n) is 14.5. The first-order chi connectivity index (χ1) is 11.8. The molecule has 0 atom stereocenters. The number of hydrogen-bond donors (Lipinski definition) is 2. The second-order valence-electron chi connectivity index (χ2n) is 6.89. The zero-order valence-corrected chi connectivity index (χ0v) is 14.5. The quantitative estimate of drug-likeness (QED) is 0.873. The first-order valence-electron chi connectivity index (χ1n) is 8.14. The van der Waals surface area contributed by atoms with Crippen LogP contribution in [0.1, 0.15) is 43.2 Å². The maximum Gasteiger partial charge on any atom is 0.414 e. The summed E-state index contributed by atoms with van der Waals surface area (Å²) in [6.07, 6.45) is 2.68. The van der Waals surface area contributed by atoms with E-state index in [0.29, 0.717) is 12.2 Å². The fourth-order valence-electron chi connectivity index (χ4n) is 2.69. The highest BCUT2D eigenvalue weighted by Gasteiger charge is 2.27. The predicted octanol–water partition coefficient (Wildman–Crippen LogP) is 2.74. The standard InChI is InChI=1S/C17H21N5O3/c1-17(2,3)25-16(24)22-8-4-5-11-9-12(6-7-14(11)22)19-15(23)13-10-18-21-20-13/h6-7,9-10H,4-5,8H2,1-3H3,(H,19,23)(H,18,20,21). The molecule has 0 aliphatic carbocycles. The molecule has 1 aromatic heterocycles. The van der Waals surface area contributed by atoms with Crippen LogP contribution in [0.5, 0.6) is 0 Å². The summed E-state index contributed by atoms with van der Waals surface area (Å²) in [5.74, 6) is -0.339. The summed E-state index contributed by atoms with van der Waals surface area (Å²) < 4.78 is 5.48. The Morgan fingerprint density at radius 1 is 1.32 bits per heavy atom. The van der Waals surface area contributed by atoms with Crippen molar-refractivity contribution in [1.82, 2.24) is 15.4 Å². The van der Waals surface area contributed by atoms with E-state index < -0.39 is 5.60 Å². The van der Waals surface area contributed by atoms with E-state index in [-0.39, 0.29) is 17.7 Å². The molecule has 1 aliphatic rings. The van der Waals surface area contributed by atoms with E-state index in [1.807, 2.05) is 32.9 Å². The molecule has 1 aliphatic heterocycles. The number of anilines is 2. The van der Waals surface area contributed by atoms with Gasteiger partial charge in [-0.25, -0.2) is 4.79 Å². The summed E-state index contributed by atoms with van der Waals surface area (Å²) in [6.45, 7) is 6.15. The molecular weight excluding hydrogens is 322 g/mol. The average molecular weight is 343 g/mol. The molecule has 0 unspecified atom stereocenters. The largest absolute Gasteiger partial charge is 0.443 e. The van der Waals surface area contributed by atoms with Crippen molar-refractivity contribution >= 4 is 23.4 Å². The Morgan fingerprint density at radius 2 is 2.12 bits per heavy atom. The van der Waals surface area contributed by atoms with E-state index in [4.69, 9.17) is 4.74 Å². The van der Waals surface area contributed by atoms with Gasteiger partial charge >= 0.3 is 6.09 Å². The van der Waals surface area contributed by atoms with Gasteiger partial charge in [0, 0.05) is 12.2 Å². The molecule has 2 N–H and O–H groups in total. The molecule has 0 spiro atoms. The molecule has 0 radical (unpaired) electrons. The Labute approximate surface area is 145 Å². The predicted molar refractivity (Wildman–Crippen MR) is 92.7 cm³/mol. The monoisotopic (exact) mass is 343 g/mol. The van der Waals surface area contributed by atoms with Crippen LogP contribution in [0.15, 0.2) is 24.4 Å². The smallest absolute Gasteiger partial charge is 0.414 e. The number of nitrogens with zero attached hydrogens (tertiary/aromatic N) is 3. The van der Waals surface area contributed by atoms with Crippen molar-refractivity contribution in [2.24, 2.45) is 0 Å². The molecule has 2 aromatic rings. The second-order valence-corrected chi connectivity index (χ2v) is 6.89. The van der Waals surface area contributed by atoms with Gasteiger partial charge < -0.3 is 10.1 Å². The summed E-state index contributed by atoms with van der Waals surface area (Å²) in [7, 11) is 0. The highest BCUT2D eigenvalue weighted by atomic mass is 16.6. The summed E-state index contributed by atoms with van der Waals surface area (Å²) >= 11 is 0. The molecule has 132 valence electrons. The number of ether oxygens (including phenoxy) is 1. The van der Waals surface area contributed by atoms with E-state index in [9.17, 15) is 9.59 Å². The molecule has 3 rings (SSSR count). The van der Waals surface area contributed by atoms with Crippen LogP contribution in [0.25, 0.3) is 0 Å². The number of nitrogens with one attached hydrogen (secondary N) is 2. The minimum absolute atomic E-state index is 0.216. The number of H-pyrrole nitrogens is 1. The van der Waals surface area contributed by atoms with Crippen molar-refractivity contribution in [2.75, 3.05) is 16.8 Å². The van der Waals surface area contributed by atoms with Gasteiger partial charge in [-0.15, -0.1) is 0 Å². The minimum Gasteiger partial charge on any atom is -0.443 e. The fourth-order valence-corrected chi connectivity index (χ4v) is 2.69. The maximum absolute atomic E-state index is 12.4. The average Bonchev–Trinajstić information content (AvgIpc) is 3.07. The number of aryl methyl sites for hydroxylation is 1. The Kier molecular flexibility index (Phi) is 4.43. The van der Waals surface area contributed by atoms with Crippen molar-refractivity contribution in [3.8, 4) is 0 Å². The SMILES string of the molecule is CC(C)(C)OC(=O)N1CCCc2cc(NC(=O)c3cn[nH]n3)ccc21. The third-order valence-corrected chi connectivity index (χ3v) is 3.72. The lowest BCUT2D eigenvalue weighted by Gasteiger charge is -2.32. The zero-order chi connectivity index (χ0) is 18.0. The van der Waals surface area contributed by atoms with Crippen LogP contribution in [-0.4, -0.2) is 39.6 Å². The Bertz CT molecular complexity index is 780. The molecule has 2 amide bonds. The molecule has 0 saturated carbocycles. The highest BCUT2D eigenvalue weighted by Crippen LogP contribution is 2.31. The Hall–Kier alpha value is -2.90. The van der Waals surface area contributed by atoms with E-state index in [1.165, 1.54) is 6.20 Å². The normalized spacial score (nSPS) is 14.0. The number of aromatic amines is 1. The van der Waals surface area contributed by atoms with Gasteiger partial charge in [-0.2, -0.15) is 15.4 Å². The van der Waals surface area contributed by atoms with Gasteiger partial charge in [-0.05, 0) is 57.4 Å². The molecule has 0 saturated heterocycles. The minimum atomic E-state index is -0.541. The van der Waals surface area contributed by atoms with Crippen LogP contribution in [-0.2, 0) is 11.2 Å². The van der Waals surface area contributed by atoms with Crippen LogP contribution in [0.2, 0.25) is 0 Å². The number of carbonyl (C=O) groups excluding carboxylic acids is 2.